The lowest BCUT2D eigenvalue weighted by molar-refractivity contribution is -0.136. The molecule has 1 saturated heterocycles. The number of carbonyl (C=O) groups excluding carboxylic acids is 1. The van der Waals surface area contributed by atoms with Crippen LogP contribution >= 0.6 is 0 Å². The Kier molecular flexibility index (Phi) is 5.53. The summed E-state index contributed by atoms with van der Waals surface area (Å²) >= 11 is 0. The molecule has 0 spiro atoms. The fourth-order valence-corrected chi connectivity index (χ4v) is 3.28. The van der Waals surface area contributed by atoms with Gasteiger partial charge < -0.3 is 10.2 Å². The van der Waals surface area contributed by atoms with Gasteiger partial charge in [0.25, 0.3) is 0 Å². The Balaban J connectivity index is 1.60. The molecule has 2 heterocycles. The van der Waals surface area contributed by atoms with Gasteiger partial charge in [0.05, 0.1) is 11.7 Å². The lowest BCUT2D eigenvalue weighted by atomic mass is 10.0. The number of carbonyl (C=O) groups is 1. The van der Waals surface area contributed by atoms with Crippen LogP contribution in [-0.4, -0.2) is 33.2 Å². The fourth-order valence-electron chi connectivity index (χ4n) is 3.28. The highest BCUT2D eigenvalue weighted by Gasteiger charge is 2.28. The maximum absolute atomic E-state index is 12.8. The second-order valence-electron chi connectivity index (χ2n) is 7.13. The fraction of sp³-hybridized carbons (Fsp3) is 0.500. The van der Waals surface area contributed by atoms with E-state index in [1.165, 1.54) is 11.1 Å². The molecule has 5 heteroatoms. The number of hydrogen-bond acceptors (Lipinski definition) is 3. The first kappa shape index (κ1) is 17.7. The first-order valence-electron chi connectivity index (χ1n) is 9.15. The van der Waals surface area contributed by atoms with E-state index >= 15 is 0 Å². The normalized spacial score (nSPS) is 18.2. The molecule has 0 bridgehead atoms. The third-order valence-electron chi connectivity index (χ3n) is 4.83. The summed E-state index contributed by atoms with van der Waals surface area (Å²) in [6.07, 6.45) is 4.03. The first-order chi connectivity index (χ1) is 12.0. The number of aryl methyl sites for hydroxylation is 1. The molecule has 1 aromatic carbocycles. The minimum absolute atomic E-state index is 0.0979. The van der Waals surface area contributed by atoms with E-state index in [1.807, 2.05) is 34.7 Å². The van der Waals surface area contributed by atoms with Crippen molar-refractivity contribution in [1.82, 2.24) is 20.0 Å². The highest BCUT2D eigenvalue weighted by Crippen LogP contribution is 2.17. The Labute approximate surface area is 150 Å². The number of likely N-dealkylation sites (tertiary alicyclic amines) is 1. The zero-order valence-corrected chi connectivity index (χ0v) is 15.4. The summed E-state index contributed by atoms with van der Waals surface area (Å²) in [4.78, 5) is 14.8. The molecule has 1 aromatic heterocycles. The second-order valence-corrected chi connectivity index (χ2v) is 7.13. The van der Waals surface area contributed by atoms with Gasteiger partial charge in [-0.3, -0.25) is 9.48 Å². The number of aromatic nitrogens is 2. The van der Waals surface area contributed by atoms with Gasteiger partial charge in [-0.1, -0.05) is 30.3 Å². The van der Waals surface area contributed by atoms with Crippen LogP contribution in [0.2, 0.25) is 0 Å². The number of amides is 1. The van der Waals surface area contributed by atoms with Crippen LogP contribution in [0.25, 0.3) is 0 Å². The second kappa shape index (κ2) is 7.83. The Hall–Kier alpha value is -2.14. The van der Waals surface area contributed by atoms with E-state index in [4.69, 9.17) is 0 Å². The summed E-state index contributed by atoms with van der Waals surface area (Å²) in [5.74, 6) is 0.212. The quantitative estimate of drug-likeness (QED) is 0.879. The minimum Gasteiger partial charge on any atom is -0.337 e. The molecule has 25 heavy (non-hydrogen) atoms. The first-order valence-corrected chi connectivity index (χ1v) is 9.15. The van der Waals surface area contributed by atoms with Gasteiger partial charge in [-0.15, -0.1) is 0 Å². The third kappa shape index (κ3) is 4.28. The molecule has 134 valence electrons. The number of rotatable bonds is 6. The molecule has 1 fully saturated rings. The molecule has 1 aliphatic heterocycles. The van der Waals surface area contributed by atoms with Gasteiger partial charge in [0.1, 0.15) is 0 Å². The summed E-state index contributed by atoms with van der Waals surface area (Å²) in [6.45, 7) is 8.50. The van der Waals surface area contributed by atoms with Gasteiger partial charge in [-0.2, -0.15) is 5.10 Å². The molecule has 0 radical (unpaired) electrons. The molecule has 0 aliphatic carbocycles. The zero-order chi connectivity index (χ0) is 17.8. The van der Waals surface area contributed by atoms with Gasteiger partial charge in [-0.05, 0) is 39.2 Å². The van der Waals surface area contributed by atoms with Crippen LogP contribution in [0.3, 0.4) is 0 Å². The predicted octanol–water partition coefficient (Wildman–Crippen LogP) is 3.05. The highest BCUT2D eigenvalue weighted by molar-refractivity contribution is 5.82. The molecule has 3 rings (SSSR count). The average Bonchev–Trinajstić information content (AvgIpc) is 2.98. The van der Waals surface area contributed by atoms with E-state index in [-0.39, 0.29) is 11.9 Å². The average molecular weight is 340 g/mol. The molecule has 1 amide bonds. The Bertz CT molecular complexity index is 708. The van der Waals surface area contributed by atoms with Crippen LogP contribution in [-0.2, 0) is 17.9 Å². The van der Waals surface area contributed by atoms with E-state index < -0.39 is 0 Å². The van der Waals surface area contributed by atoms with Crippen molar-refractivity contribution in [3.63, 3.8) is 0 Å². The third-order valence-corrected chi connectivity index (χ3v) is 4.83. The van der Waals surface area contributed by atoms with Crippen molar-refractivity contribution in [2.75, 3.05) is 6.54 Å². The van der Waals surface area contributed by atoms with Crippen LogP contribution in [0, 0.1) is 6.92 Å². The molecular formula is C20H28N4O. The summed E-state index contributed by atoms with van der Waals surface area (Å²) in [5, 5.41) is 8.00. The minimum atomic E-state index is -0.0979. The number of nitrogens with one attached hydrogen (secondary N) is 1. The van der Waals surface area contributed by atoms with E-state index in [0.29, 0.717) is 19.1 Å². The van der Waals surface area contributed by atoms with Crippen LogP contribution in [0.15, 0.2) is 36.5 Å². The van der Waals surface area contributed by atoms with E-state index in [2.05, 4.69) is 42.6 Å². The number of nitrogens with zero attached hydrogens (tertiary/aromatic N) is 3. The van der Waals surface area contributed by atoms with Crippen LogP contribution < -0.4 is 5.32 Å². The van der Waals surface area contributed by atoms with Crippen LogP contribution in [0.4, 0.5) is 0 Å². The maximum atomic E-state index is 12.8. The van der Waals surface area contributed by atoms with E-state index in [1.54, 1.807) is 0 Å². The standard InChI is InChI=1S/C20H28N4O/c1-15(2)24-14-18(16(3)22-24)12-21-19-10-7-11-23(20(19)25)13-17-8-5-4-6-9-17/h4-6,8-9,14-15,19,21H,7,10-13H2,1-3H3. The number of hydrogen-bond donors (Lipinski definition) is 1. The summed E-state index contributed by atoms with van der Waals surface area (Å²) in [6, 6.07) is 10.5. The van der Waals surface area contributed by atoms with Crippen molar-refractivity contribution in [3.05, 3.63) is 53.3 Å². The molecule has 2 aromatic rings. The van der Waals surface area contributed by atoms with Crippen molar-refractivity contribution >= 4 is 5.91 Å². The van der Waals surface area contributed by atoms with Crippen LogP contribution in [0.5, 0.6) is 0 Å². The molecular weight excluding hydrogens is 312 g/mol. The smallest absolute Gasteiger partial charge is 0.240 e. The van der Waals surface area contributed by atoms with E-state index in [0.717, 1.165) is 25.1 Å². The lowest BCUT2D eigenvalue weighted by Gasteiger charge is -2.33. The van der Waals surface area contributed by atoms with Crippen molar-refractivity contribution in [2.24, 2.45) is 0 Å². The predicted molar refractivity (Wildman–Crippen MR) is 99.1 cm³/mol. The summed E-state index contributed by atoms with van der Waals surface area (Å²) in [7, 11) is 0. The Morgan fingerprint density at radius 1 is 1.28 bits per heavy atom. The number of benzene rings is 1. The monoisotopic (exact) mass is 340 g/mol. The maximum Gasteiger partial charge on any atom is 0.240 e. The molecule has 1 atom stereocenters. The number of piperidine rings is 1. The molecule has 5 nitrogen and oxygen atoms in total. The largest absolute Gasteiger partial charge is 0.337 e. The molecule has 1 unspecified atom stereocenters. The van der Waals surface area contributed by atoms with Crippen molar-refractivity contribution in [2.45, 2.75) is 58.8 Å². The molecule has 0 saturated carbocycles. The van der Waals surface area contributed by atoms with Crippen molar-refractivity contribution < 1.29 is 4.79 Å². The van der Waals surface area contributed by atoms with Crippen molar-refractivity contribution in [3.8, 4) is 0 Å². The SMILES string of the molecule is Cc1nn(C(C)C)cc1CNC1CCCN(Cc2ccccc2)C1=O. The van der Waals surface area contributed by atoms with E-state index in [9.17, 15) is 4.79 Å². The highest BCUT2D eigenvalue weighted by atomic mass is 16.2. The van der Waals surface area contributed by atoms with Gasteiger partial charge in [0, 0.05) is 37.4 Å². The Morgan fingerprint density at radius 2 is 2.04 bits per heavy atom. The zero-order valence-electron chi connectivity index (χ0n) is 15.4. The summed E-state index contributed by atoms with van der Waals surface area (Å²) in [5.41, 5.74) is 3.39. The van der Waals surface area contributed by atoms with Gasteiger partial charge >= 0.3 is 0 Å². The summed E-state index contributed by atoms with van der Waals surface area (Å²) < 4.78 is 1.98. The Morgan fingerprint density at radius 3 is 2.72 bits per heavy atom. The van der Waals surface area contributed by atoms with Gasteiger partial charge in [0.15, 0.2) is 0 Å². The van der Waals surface area contributed by atoms with Crippen molar-refractivity contribution in [1.29, 1.82) is 0 Å². The topological polar surface area (TPSA) is 50.2 Å². The molecule has 1 aliphatic rings. The van der Waals surface area contributed by atoms with Gasteiger partial charge in [0.2, 0.25) is 5.91 Å². The van der Waals surface area contributed by atoms with Crippen LogP contribution in [0.1, 0.15) is 49.6 Å². The van der Waals surface area contributed by atoms with Gasteiger partial charge in [-0.25, -0.2) is 0 Å². The molecule has 1 N–H and O–H groups in total. The lowest BCUT2D eigenvalue weighted by Crippen LogP contribution is -2.50.